The summed E-state index contributed by atoms with van der Waals surface area (Å²) in [4.78, 5) is 9.82. The Bertz CT molecular complexity index is 303. The van der Waals surface area contributed by atoms with Crippen LogP contribution in [0.2, 0.25) is 0 Å². The largest absolute Gasteiger partial charge is 0.365 e. The molecule has 0 saturated heterocycles. The van der Waals surface area contributed by atoms with Crippen molar-refractivity contribution >= 4 is 5.96 Å². The lowest BCUT2D eigenvalue weighted by atomic mass is 10.9. The van der Waals surface area contributed by atoms with E-state index in [9.17, 15) is 10.1 Å². The van der Waals surface area contributed by atoms with Gasteiger partial charge < -0.3 is 11.1 Å². The number of nitrogens with zero attached hydrogens (tertiary/aromatic N) is 6. The molecule has 0 aliphatic carbocycles. The molecule has 1 heterocycles. The SMILES string of the molecule is NC(=N[N+](=O)[O-])NCn1cnnn1. The van der Waals surface area contributed by atoms with E-state index in [0.29, 0.717) is 0 Å². The van der Waals surface area contributed by atoms with E-state index in [-0.39, 0.29) is 12.6 Å². The van der Waals surface area contributed by atoms with Gasteiger partial charge in [0.15, 0.2) is 5.03 Å². The van der Waals surface area contributed by atoms with E-state index in [2.05, 4.69) is 25.9 Å². The van der Waals surface area contributed by atoms with Gasteiger partial charge in [0.05, 0.1) is 0 Å². The predicted molar refractivity (Wildman–Crippen MR) is 39.6 cm³/mol. The van der Waals surface area contributed by atoms with Gasteiger partial charge in [0.2, 0.25) is 0 Å². The van der Waals surface area contributed by atoms with Gasteiger partial charge in [0.25, 0.3) is 5.96 Å². The fourth-order valence-electron chi connectivity index (χ4n) is 0.538. The number of nitrogens with two attached hydrogens (primary N) is 1. The maximum absolute atomic E-state index is 9.82. The summed E-state index contributed by atoms with van der Waals surface area (Å²) < 4.78 is 1.29. The minimum absolute atomic E-state index is 0.121. The number of tetrazole rings is 1. The van der Waals surface area contributed by atoms with Gasteiger partial charge in [-0.05, 0) is 10.4 Å². The molecular weight excluding hydrogens is 180 g/mol. The Hall–Kier alpha value is -2.26. The van der Waals surface area contributed by atoms with Crippen LogP contribution in [0.5, 0.6) is 0 Å². The highest BCUT2D eigenvalue weighted by molar-refractivity contribution is 5.76. The second-order valence-corrected chi connectivity index (χ2v) is 1.91. The van der Waals surface area contributed by atoms with Gasteiger partial charge in [-0.3, -0.25) is 0 Å². The normalized spacial score (nSPS) is 11.2. The van der Waals surface area contributed by atoms with Gasteiger partial charge >= 0.3 is 0 Å². The first-order valence-electron chi connectivity index (χ1n) is 3.11. The van der Waals surface area contributed by atoms with Crippen LogP contribution in [-0.4, -0.2) is 31.2 Å². The van der Waals surface area contributed by atoms with Crippen molar-refractivity contribution < 1.29 is 5.03 Å². The molecule has 3 N–H and O–H groups in total. The van der Waals surface area contributed by atoms with E-state index in [4.69, 9.17) is 5.73 Å². The van der Waals surface area contributed by atoms with Crippen LogP contribution in [0.1, 0.15) is 0 Å². The number of rotatable bonds is 3. The van der Waals surface area contributed by atoms with E-state index in [1.807, 2.05) is 0 Å². The molecule has 1 rings (SSSR count). The smallest absolute Gasteiger partial charge is 0.267 e. The fraction of sp³-hybridized carbons (Fsp3) is 0.333. The lowest BCUT2D eigenvalue weighted by molar-refractivity contribution is -0.485. The monoisotopic (exact) mass is 186 g/mol. The van der Waals surface area contributed by atoms with Crippen molar-refractivity contribution in [2.75, 3.05) is 0 Å². The fourth-order valence-corrected chi connectivity index (χ4v) is 0.538. The molecule has 70 valence electrons. The number of nitrogens with one attached hydrogen (secondary N) is 1. The van der Waals surface area contributed by atoms with Crippen molar-refractivity contribution in [1.82, 2.24) is 25.5 Å². The Morgan fingerprint density at radius 1 is 1.85 bits per heavy atom. The van der Waals surface area contributed by atoms with Crippen LogP contribution in [0.15, 0.2) is 11.4 Å². The third kappa shape index (κ3) is 3.09. The third-order valence-corrected chi connectivity index (χ3v) is 1.00. The number of hydrogen-bond acceptors (Lipinski definition) is 5. The highest BCUT2D eigenvalue weighted by Gasteiger charge is 1.98. The molecule has 0 aliphatic rings. The summed E-state index contributed by atoms with van der Waals surface area (Å²) in [5, 5.41) is 24.3. The Morgan fingerprint density at radius 3 is 3.15 bits per heavy atom. The lowest BCUT2D eigenvalue weighted by Gasteiger charge is -1.99. The van der Waals surface area contributed by atoms with Gasteiger partial charge in [0.1, 0.15) is 18.1 Å². The van der Waals surface area contributed by atoms with Crippen molar-refractivity contribution in [2.45, 2.75) is 6.67 Å². The van der Waals surface area contributed by atoms with Crippen LogP contribution in [-0.2, 0) is 6.67 Å². The Morgan fingerprint density at radius 2 is 2.62 bits per heavy atom. The topological polar surface area (TPSA) is 137 Å². The van der Waals surface area contributed by atoms with Gasteiger partial charge in [-0.25, -0.2) is 14.8 Å². The van der Waals surface area contributed by atoms with Crippen LogP contribution in [0, 0.1) is 10.1 Å². The summed E-state index contributed by atoms with van der Waals surface area (Å²) in [5.41, 5.74) is 5.11. The molecule has 0 aliphatic heterocycles. The molecule has 0 atom stereocenters. The molecule has 13 heavy (non-hydrogen) atoms. The standard InChI is InChI=1S/C3H6N8O2/c4-3(7-11(12)13)5-1-10-2-6-8-9-10/h2H,1H2,(H3,4,5,7). The Kier molecular flexibility index (Phi) is 2.68. The van der Waals surface area contributed by atoms with Gasteiger partial charge in [-0.1, -0.05) is 0 Å². The van der Waals surface area contributed by atoms with Crippen LogP contribution in [0.4, 0.5) is 0 Å². The van der Waals surface area contributed by atoms with Crippen molar-refractivity contribution in [1.29, 1.82) is 0 Å². The van der Waals surface area contributed by atoms with Gasteiger partial charge in [0, 0.05) is 0 Å². The minimum atomic E-state index is -0.901. The molecule has 0 unspecified atom stereocenters. The highest BCUT2D eigenvalue weighted by atomic mass is 16.7. The molecule has 0 radical (unpaired) electrons. The molecule has 0 saturated carbocycles. The third-order valence-electron chi connectivity index (χ3n) is 1.00. The predicted octanol–water partition coefficient (Wildman–Crippen LogP) is -2.27. The number of hydrazone groups is 1. The molecule has 0 amide bonds. The number of guanidine groups is 1. The van der Waals surface area contributed by atoms with Crippen LogP contribution in [0.25, 0.3) is 0 Å². The van der Waals surface area contributed by atoms with Crippen molar-refractivity contribution in [2.24, 2.45) is 10.8 Å². The van der Waals surface area contributed by atoms with E-state index in [1.165, 1.54) is 11.0 Å². The Labute approximate surface area is 71.6 Å². The highest BCUT2D eigenvalue weighted by Crippen LogP contribution is 1.73. The molecule has 1 aromatic rings. The summed E-state index contributed by atoms with van der Waals surface area (Å²) in [7, 11) is 0. The van der Waals surface area contributed by atoms with E-state index >= 15 is 0 Å². The maximum atomic E-state index is 9.82. The molecule has 1 aromatic heterocycles. The second-order valence-electron chi connectivity index (χ2n) is 1.91. The summed E-state index contributed by atoms with van der Waals surface area (Å²) in [6, 6.07) is 0. The molecule has 0 bridgehead atoms. The van der Waals surface area contributed by atoms with Crippen molar-refractivity contribution in [3.8, 4) is 0 Å². The number of aromatic nitrogens is 4. The van der Waals surface area contributed by atoms with E-state index < -0.39 is 5.03 Å². The first-order chi connectivity index (χ1) is 6.18. The average Bonchev–Trinajstić information content (AvgIpc) is 2.51. The first kappa shape index (κ1) is 8.83. The zero-order chi connectivity index (χ0) is 9.68. The molecule has 10 heteroatoms. The number of hydrogen-bond donors (Lipinski definition) is 2. The zero-order valence-corrected chi connectivity index (χ0v) is 6.36. The summed E-state index contributed by atoms with van der Waals surface area (Å²) in [6.45, 7) is 0.121. The van der Waals surface area contributed by atoms with E-state index in [1.54, 1.807) is 0 Å². The molecular formula is C3H6N8O2. The lowest BCUT2D eigenvalue weighted by Crippen LogP contribution is -2.34. The summed E-state index contributed by atoms with van der Waals surface area (Å²) >= 11 is 0. The van der Waals surface area contributed by atoms with Crippen LogP contribution >= 0.6 is 0 Å². The maximum Gasteiger partial charge on any atom is 0.267 e. The van der Waals surface area contributed by atoms with Gasteiger partial charge in [-0.2, -0.15) is 0 Å². The van der Waals surface area contributed by atoms with E-state index in [0.717, 1.165) is 0 Å². The zero-order valence-electron chi connectivity index (χ0n) is 6.36. The molecule has 0 spiro atoms. The minimum Gasteiger partial charge on any atom is -0.365 e. The Balaban J connectivity index is 2.39. The van der Waals surface area contributed by atoms with Gasteiger partial charge in [-0.15, -0.1) is 5.10 Å². The first-order valence-corrected chi connectivity index (χ1v) is 3.11. The van der Waals surface area contributed by atoms with Crippen molar-refractivity contribution in [3.05, 3.63) is 16.4 Å². The summed E-state index contributed by atoms with van der Waals surface area (Å²) in [5.74, 6) is -0.305. The van der Waals surface area contributed by atoms with Crippen LogP contribution < -0.4 is 11.1 Å². The molecule has 10 nitrogen and oxygen atoms in total. The number of nitro groups is 1. The van der Waals surface area contributed by atoms with Crippen LogP contribution in [0.3, 0.4) is 0 Å². The molecule has 0 aromatic carbocycles. The van der Waals surface area contributed by atoms with Crippen molar-refractivity contribution in [3.63, 3.8) is 0 Å². The quantitative estimate of drug-likeness (QED) is 0.235. The summed E-state index contributed by atoms with van der Waals surface area (Å²) in [6.07, 6.45) is 1.33. The average molecular weight is 186 g/mol. The second kappa shape index (κ2) is 3.94. The molecule has 0 fully saturated rings.